The van der Waals surface area contributed by atoms with Gasteiger partial charge in [0.1, 0.15) is 6.61 Å². The summed E-state index contributed by atoms with van der Waals surface area (Å²) in [5, 5.41) is 0. The molecule has 0 radical (unpaired) electrons. The van der Waals surface area contributed by atoms with Crippen molar-refractivity contribution >= 4 is 23.5 Å². The number of hydrogen-bond acceptors (Lipinski definition) is 6. The Morgan fingerprint density at radius 1 is 1.09 bits per heavy atom. The number of benzene rings is 1. The van der Waals surface area contributed by atoms with Crippen LogP contribution in [0.3, 0.4) is 0 Å². The zero-order chi connectivity index (χ0) is 16.9. The molecule has 0 atom stereocenters. The van der Waals surface area contributed by atoms with E-state index in [4.69, 9.17) is 14.2 Å². The quantitative estimate of drug-likeness (QED) is 0.467. The molecule has 6 heteroatoms. The average Bonchev–Trinajstić information content (AvgIpc) is 2.56. The van der Waals surface area contributed by atoms with Gasteiger partial charge in [-0.2, -0.15) is 0 Å². The Kier molecular flexibility index (Phi) is 5.16. The van der Waals surface area contributed by atoms with Crippen molar-refractivity contribution < 1.29 is 28.6 Å². The molecule has 0 saturated carbocycles. The van der Waals surface area contributed by atoms with Gasteiger partial charge >= 0.3 is 17.9 Å². The van der Waals surface area contributed by atoms with Gasteiger partial charge in [-0.25, -0.2) is 4.79 Å². The molecular weight excluding hydrogens is 300 g/mol. The minimum absolute atomic E-state index is 0.0933. The molecule has 0 N–H and O–H groups in total. The fourth-order valence-electron chi connectivity index (χ4n) is 2.42. The van der Waals surface area contributed by atoms with Gasteiger partial charge in [0, 0.05) is 6.08 Å². The van der Waals surface area contributed by atoms with Gasteiger partial charge in [0.15, 0.2) is 0 Å². The lowest BCUT2D eigenvalue weighted by atomic mass is 9.75. The Hall–Kier alpha value is -2.63. The van der Waals surface area contributed by atoms with Crippen LogP contribution < -0.4 is 0 Å². The number of cyclic esters (lactones) is 1. The summed E-state index contributed by atoms with van der Waals surface area (Å²) in [4.78, 5) is 36.8. The first kappa shape index (κ1) is 16.7. The minimum Gasteiger partial charge on any atom is -0.465 e. The van der Waals surface area contributed by atoms with Crippen molar-refractivity contribution in [3.05, 3.63) is 42.0 Å². The number of carbonyl (C=O) groups excluding carboxylic acids is 3. The van der Waals surface area contributed by atoms with Gasteiger partial charge in [-0.15, -0.1) is 0 Å². The van der Waals surface area contributed by atoms with Crippen LogP contribution in [-0.4, -0.2) is 37.7 Å². The summed E-state index contributed by atoms with van der Waals surface area (Å²) in [5.41, 5.74) is -1.02. The van der Waals surface area contributed by atoms with E-state index in [1.54, 1.807) is 44.2 Å². The van der Waals surface area contributed by atoms with E-state index in [1.807, 2.05) is 0 Å². The first-order valence-electron chi connectivity index (χ1n) is 7.35. The van der Waals surface area contributed by atoms with Crippen LogP contribution in [0.5, 0.6) is 0 Å². The van der Waals surface area contributed by atoms with E-state index in [0.717, 1.165) is 6.08 Å². The van der Waals surface area contributed by atoms with E-state index in [2.05, 4.69) is 0 Å². The third-order valence-electron chi connectivity index (χ3n) is 3.49. The maximum Gasteiger partial charge on any atom is 0.331 e. The first-order chi connectivity index (χ1) is 11.1. The molecular formula is C17H18O6. The van der Waals surface area contributed by atoms with Crippen molar-refractivity contribution in [2.24, 2.45) is 5.41 Å². The second-order valence-corrected chi connectivity index (χ2v) is 4.88. The molecule has 1 aromatic rings. The Balaban J connectivity index is 2.61. The fraction of sp³-hybridized carbons (Fsp3) is 0.353. The summed E-state index contributed by atoms with van der Waals surface area (Å²) in [6.07, 6.45) is 1.15. The van der Waals surface area contributed by atoms with Crippen molar-refractivity contribution in [1.82, 2.24) is 0 Å². The molecule has 0 bridgehead atoms. The molecule has 1 heterocycles. The monoisotopic (exact) mass is 318 g/mol. The van der Waals surface area contributed by atoms with Crippen LogP contribution in [-0.2, 0) is 28.6 Å². The summed E-state index contributed by atoms with van der Waals surface area (Å²) in [5.74, 6) is -2.20. The molecule has 0 fully saturated rings. The van der Waals surface area contributed by atoms with Gasteiger partial charge in [0.25, 0.3) is 0 Å². The molecule has 0 aromatic heterocycles. The lowest BCUT2D eigenvalue weighted by Gasteiger charge is -2.33. The third kappa shape index (κ3) is 3.11. The van der Waals surface area contributed by atoms with Crippen LogP contribution in [0.1, 0.15) is 19.4 Å². The van der Waals surface area contributed by atoms with E-state index in [0.29, 0.717) is 5.56 Å². The summed E-state index contributed by atoms with van der Waals surface area (Å²) in [7, 11) is 0. The van der Waals surface area contributed by atoms with Gasteiger partial charge in [-0.3, -0.25) is 9.59 Å². The van der Waals surface area contributed by atoms with Crippen molar-refractivity contribution in [2.75, 3.05) is 19.8 Å². The highest BCUT2D eigenvalue weighted by Gasteiger charge is 2.55. The van der Waals surface area contributed by atoms with E-state index < -0.39 is 29.9 Å². The van der Waals surface area contributed by atoms with E-state index >= 15 is 0 Å². The topological polar surface area (TPSA) is 78.9 Å². The summed E-state index contributed by atoms with van der Waals surface area (Å²) >= 11 is 0. The Morgan fingerprint density at radius 3 is 2.17 bits per heavy atom. The summed E-state index contributed by atoms with van der Waals surface area (Å²) < 4.78 is 15.1. The maximum atomic E-state index is 12.6. The lowest BCUT2D eigenvalue weighted by Crippen LogP contribution is -2.49. The number of rotatable bonds is 5. The van der Waals surface area contributed by atoms with Crippen molar-refractivity contribution in [3.8, 4) is 0 Å². The van der Waals surface area contributed by atoms with Crippen LogP contribution in [0, 0.1) is 5.41 Å². The van der Waals surface area contributed by atoms with Crippen molar-refractivity contribution in [1.29, 1.82) is 0 Å². The summed E-state index contributed by atoms with van der Waals surface area (Å²) in [6, 6.07) is 8.70. The fourth-order valence-corrected chi connectivity index (χ4v) is 2.42. The van der Waals surface area contributed by atoms with Crippen LogP contribution in [0.25, 0.3) is 5.57 Å². The smallest absolute Gasteiger partial charge is 0.331 e. The third-order valence-corrected chi connectivity index (χ3v) is 3.49. The van der Waals surface area contributed by atoms with Crippen molar-refractivity contribution in [3.63, 3.8) is 0 Å². The molecule has 122 valence electrons. The second kappa shape index (κ2) is 7.09. The van der Waals surface area contributed by atoms with Gasteiger partial charge < -0.3 is 14.2 Å². The highest BCUT2D eigenvalue weighted by atomic mass is 16.6. The maximum absolute atomic E-state index is 12.6. The van der Waals surface area contributed by atoms with Gasteiger partial charge in [0.05, 0.1) is 13.2 Å². The number of esters is 3. The zero-order valence-electron chi connectivity index (χ0n) is 13.0. The molecule has 0 aliphatic carbocycles. The molecule has 1 aliphatic heterocycles. The highest BCUT2D eigenvalue weighted by Crippen LogP contribution is 2.41. The van der Waals surface area contributed by atoms with Gasteiger partial charge in [-0.1, -0.05) is 30.3 Å². The van der Waals surface area contributed by atoms with Crippen LogP contribution in [0.15, 0.2) is 36.4 Å². The second-order valence-electron chi connectivity index (χ2n) is 4.88. The average molecular weight is 318 g/mol. The predicted octanol–water partition coefficient (Wildman–Crippen LogP) is 1.74. The normalized spacial score (nSPS) is 16.1. The number of ether oxygens (including phenoxy) is 3. The lowest BCUT2D eigenvalue weighted by molar-refractivity contribution is -0.173. The van der Waals surface area contributed by atoms with Gasteiger partial charge in [-0.05, 0) is 25.0 Å². The molecule has 1 aliphatic rings. The zero-order valence-corrected chi connectivity index (χ0v) is 13.0. The van der Waals surface area contributed by atoms with Gasteiger partial charge in [0.2, 0.25) is 5.41 Å². The Labute approximate surface area is 134 Å². The predicted molar refractivity (Wildman–Crippen MR) is 81.1 cm³/mol. The Bertz CT molecular complexity index is 614. The SMILES string of the molecule is CCOC(=O)C1(C(=O)OCC)COC(=O)C=C1c1ccccc1. The molecule has 0 spiro atoms. The van der Waals surface area contributed by atoms with E-state index in [-0.39, 0.29) is 18.8 Å². The van der Waals surface area contributed by atoms with Crippen molar-refractivity contribution in [2.45, 2.75) is 13.8 Å². The first-order valence-corrected chi connectivity index (χ1v) is 7.35. The minimum atomic E-state index is -1.80. The molecule has 23 heavy (non-hydrogen) atoms. The van der Waals surface area contributed by atoms with Crippen LogP contribution >= 0.6 is 0 Å². The van der Waals surface area contributed by atoms with E-state index in [9.17, 15) is 14.4 Å². The number of carbonyl (C=O) groups is 3. The van der Waals surface area contributed by atoms with Crippen LogP contribution in [0.4, 0.5) is 0 Å². The van der Waals surface area contributed by atoms with E-state index in [1.165, 1.54) is 0 Å². The summed E-state index contributed by atoms with van der Waals surface area (Å²) in [6.45, 7) is 3.02. The molecule has 2 rings (SSSR count). The molecule has 0 unspecified atom stereocenters. The number of hydrogen-bond donors (Lipinski definition) is 0. The molecule has 0 saturated heterocycles. The standard InChI is InChI=1S/C17H18O6/c1-3-21-15(19)17(16(20)22-4-2)11-23-14(18)10-13(17)12-8-6-5-7-9-12/h5-10H,3-4,11H2,1-2H3. The highest BCUT2D eigenvalue weighted by molar-refractivity contribution is 6.16. The molecule has 6 nitrogen and oxygen atoms in total. The Morgan fingerprint density at radius 2 is 1.65 bits per heavy atom. The largest absolute Gasteiger partial charge is 0.465 e. The molecule has 0 amide bonds. The van der Waals surface area contributed by atoms with Crippen LogP contribution in [0.2, 0.25) is 0 Å². The molecule has 1 aromatic carbocycles.